The lowest BCUT2D eigenvalue weighted by atomic mass is 9.83. The van der Waals surface area contributed by atoms with Crippen molar-refractivity contribution in [2.45, 2.75) is 61.7 Å². The molecule has 0 saturated carbocycles. The molecular formula is C18H11F18. The Balaban J connectivity index is 4.06. The van der Waals surface area contributed by atoms with Gasteiger partial charge < -0.3 is 0 Å². The minimum absolute atomic E-state index is 0.129. The van der Waals surface area contributed by atoms with Crippen molar-refractivity contribution in [3.8, 4) is 0 Å². The largest absolute Gasteiger partial charge is 0.460 e. The van der Waals surface area contributed by atoms with E-state index in [1.165, 1.54) is 0 Å². The zero-order chi connectivity index (χ0) is 29.1. The Morgan fingerprint density at radius 3 is 1.00 bits per heavy atom. The maximum atomic E-state index is 14.4. The van der Waals surface area contributed by atoms with Crippen molar-refractivity contribution in [1.29, 1.82) is 0 Å². The minimum atomic E-state index is -7.57. The second-order valence-electron chi connectivity index (χ2n) is 7.62. The van der Waals surface area contributed by atoms with Gasteiger partial charge in [0.05, 0.1) is 0 Å². The van der Waals surface area contributed by atoms with Crippen LogP contribution in [-0.4, -0.2) is 36.0 Å². The molecule has 0 saturated heterocycles. The quantitative estimate of drug-likeness (QED) is 0.275. The highest BCUT2D eigenvalue weighted by atomic mass is 19.4. The van der Waals surface area contributed by atoms with Gasteiger partial charge in [-0.15, -0.1) is 0 Å². The average Bonchev–Trinajstić information content (AvgIpc) is 2.64. The SMILES string of the molecule is CC(C)[CH]c1c(C(F)(F)C(F)(F)C(F)(F)C(F)(F)F)cccc1C(F)(F)C(F)(F)C(F)(F)C(F)(F)F. The number of hydrogen-bond donors (Lipinski definition) is 0. The highest BCUT2D eigenvalue weighted by Gasteiger charge is 2.84. The maximum Gasteiger partial charge on any atom is 0.460 e. The summed E-state index contributed by atoms with van der Waals surface area (Å²) in [6.45, 7) is 1.61. The Hall–Kier alpha value is -2.04. The molecule has 18 heteroatoms. The average molecular weight is 569 g/mol. The molecule has 0 N–H and O–H groups in total. The minimum Gasteiger partial charge on any atom is -0.194 e. The highest BCUT2D eigenvalue weighted by molar-refractivity contribution is 5.47. The summed E-state index contributed by atoms with van der Waals surface area (Å²) in [7, 11) is 0. The third kappa shape index (κ3) is 4.56. The lowest BCUT2D eigenvalue weighted by Gasteiger charge is -2.37. The van der Waals surface area contributed by atoms with Crippen LogP contribution in [0, 0.1) is 12.3 Å². The second kappa shape index (κ2) is 8.77. The molecule has 1 aromatic rings. The van der Waals surface area contributed by atoms with Crippen molar-refractivity contribution in [1.82, 2.24) is 0 Å². The van der Waals surface area contributed by atoms with Crippen LogP contribution in [0.2, 0.25) is 0 Å². The predicted octanol–water partition coefficient (Wildman–Crippen LogP) is 8.74. The second-order valence-corrected chi connectivity index (χ2v) is 7.62. The summed E-state index contributed by atoms with van der Waals surface area (Å²) in [6.07, 6.45) is -14.9. The first-order chi connectivity index (χ1) is 15.5. The first-order valence-corrected chi connectivity index (χ1v) is 8.92. The van der Waals surface area contributed by atoms with Gasteiger partial charge in [0.1, 0.15) is 0 Å². The van der Waals surface area contributed by atoms with Crippen LogP contribution in [-0.2, 0) is 11.8 Å². The summed E-state index contributed by atoms with van der Waals surface area (Å²) < 4.78 is 240. The van der Waals surface area contributed by atoms with Crippen LogP contribution < -0.4 is 0 Å². The molecule has 36 heavy (non-hydrogen) atoms. The fourth-order valence-corrected chi connectivity index (χ4v) is 2.71. The Labute approximate surface area is 189 Å². The third-order valence-corrected chi connectivity index (χ3v) is 4.57. The normalized spacial score (nSPS) is 15.6. The van der Waals surface area contributed by atoms with E-state index in [9.17, 15) is 79.0 Å². The first kappa shape index (κ1) is 32.0. The molecule has 0 amide bonds. The smallest absolute Gasteiger partial charge is 0.194 e. The number of halogens is 18. The van der Waals surface area contributed by atoms with Gasteiger partial charge in [0.15, 0.2) is 0 Å². The monoisotopic (exact) mass is 569 g/mol. The fraction of sp³-hybridized carbons (Fsp3) is 0.611. The molecule has 1 radical (unpaired) electrons. The van der Waals surface area contributed by atoms with Gasteiger partial charge in [-0.1, -0.05) is 32.0 Å². The molecule has 0 bridgehead atoms. The van der Waals surface area contributed by atoms with Crippen molar-refractivity contribution < 1.29 is 79.0 Å². The van der Waals surface area contributed by atoms with Crippen molar-refractivity contribution in [3.05, 3.63) is 41.3 Å². The lowest BCUT2D eigenvalue weighted by molar-refractivity contribution is -0.400. The Morgan fingerprint density at radius 2 is 0.778 bits per heavy atom. The molecule has 0 aliphatic carbocycles. The van der Waals surface area contributed by atoms with Crippen molar-refractivity contribution >= 4 is 0 Å². The van der Waals surface area contributed by atoms with Gasteiger partial charge in [0.2, 0.25) is 0 Å². The van der Waals surface area contributed by atoms with Crippen LogP contribution in [0.25, 0.3) is 0 Å². The Morgan fingerprint density at radius 1 is 0.500 bits per heavy atom. The number of benzene rings is 1. The molecule has 1 aromatic carbocycles. The van der Waals surface area contributed by atoms with Gasteiger partial charge in [-0.25, -0.2) is 0 Å². The van der Waals surface area contributed by atoms with Crippen LogP contribution in [0.4, 0.5) is 79.0 Å². The van der Waals surface area contributed by atoms with Gasteiger partial charge in [0, 0.05) is 11.1 Å². The molecule has 0 heterocycles. The molecule has 0 unspecified atom stereocenters. The molecule has 0 atom stereocenters. The summed E-state index contributed by atoms with van der Waals surface area (Å²) in [5.74, 6) is -45.3. The molecule has 0 aromatic heterocycles. The lowest BCUT2D eigenvalue weighted by Crippen LogP contribution is -2.60. The number of rotatable bonds is 8. The van der Waals surface area contributed by atoms with Crippen molar-refractivity contribution in [3.63, 3.8) is 0 Å². The van der Waals surface area contributed by atoms with Crippen LogP contribution >= 0.6 is 0 Å². The van der Waals surface area contributed by atoms with Crippen LogP contribution in [0.3, 0.4) is 0 Å². The van der Waals surface area contributed by atoms with E-state index in [2.05, 4.69) is 0 Å². The molecule has 0 aliphatic rings. The molecule has 209 valence electrons. The summed E-state index contributed by atoms with van der Waals surface area (Å²) >= 11 is 0. The number of hydrogen-bond acceptors (Lipinski definition) is 0. The van der Waals surface area contributed by atoms with Crippen LogP contribution in [0.5, 0.6) is 0 Å². The van der Waals surface area contributed by atoms with Gasteiger partial charge in [0.25, 0.3) is 0 Å². The molecular weight excluding hydrogens is 558 g/mol. The molecule has 0 fully saturated rings. The predicted molar refractivity (Wildman–Crippen MR) is 84.4 cm³/mol. The van der Waals surface area contributed by atoms with Gasteiger partial charge in [-0.2, -0.15) is 79.0 Å². The van der Waals surface area contributed by atoms with E-state index in [-0.39, 0.29) is 12.5 Å². The van der Waals surface area contributed by atoms with Crippen molar-refractivity contribution in [2.75, 3.05) is 0 Å². The van der Waals surface area contributed by atoms with E-state index in [1.54, 1.807) is 0 Å². The first-order valence-electron chi connectivity index (χ1n) is 8.92. The Bertz CT molecular complexity index is 866. The zero-order valence-electron chi connectivity index (χ0n) is 17.2. The maximum absolute atomic E-state index is 14.4. The topological polar surface area (TPSA) is 0 Å². The fourth-order valence-electron chi connectivity index (χ4n) is 2.71. The summed E-state index contributed by atoms with van der Waals surface area (Å²) in [5.41, 5.74) is -8.21. The highest BCUT2D eigenvalue weighted by Crippen LogP contribution is 2.60. The van der Waals surface area contributed by atoms with E-state index in [0.29, 0.717) is 0 Å². The van der Waals surface area contributed by atoms with Gasteiger partial charge >= 0.3 is 47.9 Å². The zero-order valence-corrected chi connectivity index (χ0v) is 17.2. The van der Waals surface area contributed by atoms with E-state index >= 15 is 0 Å². The number of alkyl halides is 18. The van der Waals surface area contributed by atoms with E-state index in [1.807, 2.05) is 0 Å². The molecule has 0 aliphatic heterocycles. The third-order valence-electron chi connectivity index (χ3n) is 4.57. The Kier molecular flexibility index (Phi) is 7.79. The van der Waals surface area contributed by atoms with Crippen molar-refractivity contribution in [2.24, 2.45) is 5.92 Å². The summed E-state index contributed by atoms with van der Waals surface area (Å²) in [6, 6.07) is -1.32. The molecule has 0 spiro atoms. The molecule has 0 nitrogen and oxygen atoms in total. The van der Waals surface area contributed by atoms with Gasteiger partial charge in [-0.3, -0.25) is 0 Å². The summed E-state index contributed by atoms with van der Waals surface area (Å²) in [4.78, 5) is 0. The van der Waals surface area contributed by atoms with E-state index in [0.717, 1.165) is 13.8 Å². The van der Waals surface area contributed by atoms with Crippen LogP contribution in [0.15, 0.2) is 18.2 Å². The standard InChI is InChI=1S/C18H11F18/c1-7(2)6-8-9(11(19,20)13(23,24)15(27,28)17(31,32)33)4-3-5-10(8)12(21,22)14(25,26)16(29,30)18(34,35)36/h3-7H,1-2H3. The van der Waals surface area contributed by atoms with Crippen LogP contribution in [0.1, 0.15) is 30.5 Å². The van der Waals surface area contributed by atoms with E-state index in [4.69, 9.17) is 0 Å². The summed E-state index contributed by atoms with van der Waals surface area (Å²) in [5, 5.41) is 0. The van der Waals surface area contributed by atoms with E-state index < -0.39 is 82.6 Å². The van der Waals surface area contributed by atoms with Gasteiger partial charge in [-0.05, 0) is 17.9 Å². The molecule has 1 rings (SSSR count).